The van der Waals surface area contributed by atoms with Crippen LogP contribution in [0.3, 0.4) is 0 Å². The Morgan fingerprint density at radius 2 is 2.00 bits per heavy atom. The van der Waals surface area contributed by atoms with Gasteiger partial charge in [-0.1, -0.05) is 27.7 Å². The van der Waals surface area contributed by atoms with E-state index in [1.807, 2.05) is 11.3 Å². The van der Waals surface area contributed by atoms with E-state index in [1.165, 1.54) is 10.6 Å². The summed E-state index contributed by atoms with van der Waals surface area (Å²) < 4.78 is 5.20. The minimum atomic E-state index is 0.496. The third-order valence-corrected chi connectivity index (χ3v) is 4.82. The predicted octanol–water partition coefficient (Wildman–Crippen LogP) is 3.63. The van der Waals surface area contributed by atoms with Crippen molar-refractivity contribution in [1.29, 1.82) is 0 Å². The summed E-state index contributed by atoms with van der Waals surface area (Å²) in [6.07, 6.45) is 1.13. The highest BCUT2D eigenvalue weighted by Gasteiger charge is 2.18. The van der Waals surface area contributed by atoms with E-state index in [1.54, 1.807) is 7.11 Å². The number of nitrogens with zero attached hydrogens (tertiary/aromatic N) is 2. The van der Waals surface area contributed by atoms with Gasteiger partial charge in [0.15, 0.2) is 5.13 Å². The van der Waals surface area contributed by atoms with E-state index in [-0.39, 0.29) is 0 Å². The van der Waals surface area contributed by atoms with E-state index < -0.39 is 0 Å². The van der Waals surface area contributed by atoms with Gasteiger partial charge in [0.05, 0.1) is 12.3 Å². The zero-order chi connectivity index (χ0) is 15.8. The first-order valence-corrected chi connectivity index (χ1v) is 8.81. The number of thiazole rings is 1. The van der Waals surface area contributed by atoms with Crippen molar-refractivity contribution in [2.45, 2.75) is 59.5 Å². The minimum absolute atomic E-state index is 0.496. The summed E-state index contributed by atoms with van der Waals surface area (Å²) in [5.41, 5.74) is 1.27. The molecule has 0 spiro atoms. The van der Waals surface area contributed by atoms with Crippen molar-refractivity contribution in [2.75, 3.05) is 31.7 Å². The number of likely N-dealkylation sites (N-methyl/N-ethyl adjacent to an activating group) is 1. The average Bonchev–Trinajstić information content (AvgIpc) is 2.89. The van der Waals surface area contributed by atoms with Crippen LogP contribution >= 0.6 is 11.3 Å². The van der Waals surface area contributed by atoms with Crippen LogP contribution in [0.25, 0.3) is 0 Å². The molecule has 1 heterocycles. The summed E-state index contributed by atoms with van der Waals surface area (Å²) >= 11 is 1.83. The average molecular weight is 314 g/mol. The van der Waals surface area contributed by atoms with Gasteiger partial charge >= 0.3 is 0 Å². The fourth-order valence-electron chi connectivity index (χ4n) is 2.08. The summed E-state index contributed by atoms with van der Waals surface area (Å²) in [6, 6.07) is 0.496. The minimum Gasteiger partial charge on any atom is -0.383 e. The molecule has 0 aromatic carbocycles. The summed E-state index contributed by atoms with van der Waals surface area (Å²) in [5.74, 6) is 0.514. The molecule has 0 aliphatic carbocycles. The lowest BCUT2D eigenvalue weighted by molar-refractivity contribution is 0.205. The lowest BCUT2D eigenvalue weighted by Gasteiger charge is -2.19. The van der Waals surface area contributed by atoms with Crippen molar-refractivity contribution in [3.63, 3.8) is 0 Å². The number of aromatic nitrogens is 1. The Hall–Kier alpha value is -0.650. The molecule has 1 aromatic heterocycles. The van der Waals surface area contributed by atoms with Gasteiger partial charge in [-0.15, -0.1) is 11.3 Å². The van der Waals surface area contributed by atoms with Crippen LogP contribution in [0, 0.1) is 0 Å². The molecule has 5 heteroatoms. The Morgan fingerprint density at radius 3 is 2.52 bits per heavy atom. The van der Waals surface area contributed by atoms with Crippen molar-refractivity contribution in [1.82, 2.24) is 10.3 Å². The first-order chi connectivity index (χ1) is 10.0. The van der Waals surface area contributed by atoms with E-state index in [0.29, 0.717) is 12.0 Å². The first kappa shape index (κ1) is 18.4. The van der Waals surface area contributed by atoms with E-state index in [4.69, 9.17) is 9.72 Å². The molecule has 4 nitrogen and oxygen atoms in total. The summed E-state index contributed by atoms with van der Waals surface area (Å²) in [4.78, 5) is 8.61. The summed E-state index contributed by atoms with van der Waals surface area (Å²) in [5, 5.41) is 4.65. The number of methoxy groups -OCH3 is 1. The van der Waals surface area contributed by atoms with Crippen LogP contribution in [0.4, 0.5) is 5.13 Å². The third-order valence-electron chi connectivity index (χ3n) is 3.68. The molecule has 0 aliphatic heterocycles. The molecule has 1 rings (SSSR count). The molecule has 0 saturated heterocycles. The molecule has 21 heavy (non-hydrogen) atoms. The maximum Gasteiger partial charge on any atom is 0.185 e. The summed E-state index contributed by atoms with van der Waals surface area (Å²) in [7, 11) is 1.75. The number of anilines is 1. The van der Waals surface area contributed by atoms with Crippen LogP contribution in [-0.2, 0) is 11.3 Å². The first-order valence-electron chi connectivity index (χ1n) is 8.00. The highest BCUT2D eigenvalue weighted by atomic mass is 32.1. The van der Waals surface area contributed by atoms with Crippen molar-refractivity contribution >= 4 is 16.5 Å². The van der Waals surface area contributed by atoms with Crippen molar-refractivity contribution in [2.24, 2.45) is 0 Å². The Bertz CT molecular complexity index is 406. The molecule has 0 radical (unpaired) electrons. The molecule has 1 N–H and O–H groups in total. The quantitative estimate of drug-likeness (QED) is 0.716. The molecule has 1 aromatic rings. The van der Waals surface area contributed by atoms with Crippen LogP contribution < -0.4 is 10.2 Å². The number of nitrogens with one attached hydrogen (secondary N) is 1. The molecule has 0 bridgehead atoms. The second kappa shape index (κ2) is 9.38. The zero-order valence-corrected chi connectivity index (χ0v) is 15.2. The van der Waals surface area contributed by atoms with Gasteiger partial charge in [-0.25, -0.2) is 4.98 Å². The number of ether oxygens (including phenoxy) is 1. The second-order valence-corrected chi connectivity index (χ2v) is 6.78. The fourth-order valence-corrected chi connectivity index (χ4v) is 3.30. The standard InChI is InChI=1S/C16H31N3OS/c1-7-13(5)15-14(11-17-12(3)4)21-16(18-15)19(8-2)9-10-20-6/h12-13,17H,7-11H2,1-6H3. The van der Waals surface area contributed by atoms with Gasteiger partial charge in [0.25, 0.3) is 0 Å². The van der Waals surface area contributed by atoms with Crippen LogP contribution in [-0.4, -0.2) is 37.8 Å². The van der Waals surface area contributed by atoms with Gasteiger partial charge in [0, 0.05) is 37.7 Å². The smallest absolute Gasteiger partial charge is 0.185 e. The highest BCUT2D eigenvalue weighted by molar-refractivity contribution is 7.15. The van der Waals surface area contributed by atoms with Crippen molar-refractivity contribution < 1.29 is 4.74 Å². The molecular formula is C16H31N3OS. The normalized spacial score (nSPS) is 12.9. The van der Waals surface area contributed by atoms with E-state index >= 15 is 0 Å². The third kappa shape index (κ3) is 5.57. The van der Waals surface area contributed by atoms with Crippen LogP contribution in [0.1, 0.15) is 57.5 Å². The molecule has 122 valence electrons. The SMILES string of the molecule is CCC(C)c1nc(N(CC)CCOC)sc1CNC(C)C. The second-order valence-electron chi connectivity index (χ2n) is 5.72. The summed E-state index contributed by atoms with van der Waals surface area (Å²) in [6.45, 7) is 14.6. The Labute approximate surface area is 133 Å². The number of hydrogen-bond donors (Lipinski definition) is 1. The van der Waals surface area contributed by atoms with Gasteiger partial charge in [0.2, 0.25) is 0 Å². The molecule has 0 aliphatic rings. The maximum atomic E-state index is 5.20. The predicted molar refractivity (Wildman–Crippen MR) is 92.6 cm³/mol. The maximum absolute atomic E-state index is 5.20. The molecule has 0 amide bonds. The fraction of sp³-hybridized carbons (Fsp3) is 0.812. The van der Waals surface area contributed by atoms with Gasteiger partial charge < -0.3 is 15.0 Å². The van der Waals surface area contributed by atoms with Gasteiger partial charge in [-0.05, 0) is 19.3 Å². The molecule has 0 fully saturated rings. The van der Waals surface area contributed by atoms with Crippen molar-refractivity contribution in [3.05, 3.63) is 10.6 Å². The van der Waals surface area contributed by atoms with E-state index in [0.717, 1.165) is 37.8 Å². The number of rotatable bonds is 10. The van der Waals surface area contributed by atoms with Gasteiger partial charge in [-0.2, -0.15) is 0 Å². The molecule has 1 unspecified atom stereocenters. The van der Waals surface area contributed by atoms with Crippen molar-refractivity contribution in [3.8, 4) is 0 Å². The topological polar surface area (TPSA) is 37.4 Å². The van der Waals surface area contributed by atoms with Crippen LogP contribution in [0.15, 0.2) is 0 Å². The Morgan fingerprint density at radius 1 is 1.29 bits per heavy atom. The van der Waals surface area contributed by atoms with Crippen LogP contribution in [0.5, 0.6) is 0 Å². The molecule has 1 atom stereocenters. The molecular weight excluding hydrogens is 282 g/mol. The largest absolute Gasteiger partial charge is 0.383 e. The molecule has 0 saturated carbocycles. The number of hydrogen-bond acceptors (Lipinski definition) is 5. The van der Waals surface area contributed by atoms with Crippen LogP contribution in [0.2, 0.25) is 0 Å². The van der Waals surface area contributed by atoms with E-state index in [2.05, 4.69) is 44.8 Å². The Balaban J connectivity index is 2.94. The lowest BCUT2D eigenvalue weighted by atomic mass is 10.0. The monoisotopic (exact) mass is 313 g/mol. The van der Waals surface area contributed by atoms with Gasteiger partial charge in [0.1, 0.15) is 0 Å². The van der Waals surface area contributed by atoms with Gasteiger partial charge in [-0.3, -0.25) is 0 Å². The zero-order valence-electron chi connectivity index (χ0n) is 14.4. The highest BCUT2D eigenvalue weighted by Crippen LogP contribution is 2.32. The van der Waals surface area contributed by atoms with E-state index in [9.17, 15) is 0 Å². The Kier molecular flexibility index (Phi) is 8.22. The lowest BCUT2D eigenvalue weighted by Crippen LogP contribution is -2.26.